The molecule has 5 heteroatoms. The van der Waals surface area contributed by atoms with Gasteiger partial charge in [-0.05, 0) is 44.4 Å². The summed E-state index contributed by atoms with van der Waals surface area (Å²) < 4.78 is 2.20. The molecular formula is C22H28N4O. The minimum atomic E-state index is -0.104. The highest BCUT2D eigenvalue weighted by molar-refractivity contribution is 5.95. The second-order valence-electron chi connectivity index (χ2n) is 7.45. The topological polar surface area (TPSA) is 61.1 Å². The van der Waals surface area contributed by atoms with Crippen molar-refractivity contribution in [2.45, 2.75) is 52.0 Å². The molecule has 1 saturated carbocycles. The smallest absolute Gasteiger partial charge is 0.245 e. The molecule has 1 fully saturated rings. The zero-order valence-electron chi connectivity index (χ0n) is 16.5. The summed E-state index contributed by atoms with van der Waals surface area (Å²) in [4.78, 5) is 14.7. The molecule has 1 heterocycles. The second-order valence-corrected chi connectivity index (χ2v) is 7.45. The summed E-state index contributed by atoms with van der Waals surface area (Å²) in [5.41, 5.74) is 3.64. The van der Waals surface area contributed by atoms with Crippen LogP contribution in [0.2, 0.25) is 0 Å². The second kappa shape index (κ2) is 8.30. The number of aromatic nitrogens is 1. The molecule has 2 aromatic rings. The Morgan fingerprint density at radius 1 is 1.22 bits per heavy atom. The standard InChI is InChI=1S/C22H28N4O/c1-16-17(2)26(19-12-8-5-9-13-19)22(20(16)14-23)24-21(27)15-25(3)18-10-6-4-7-11-18/h4,6-7,10-11,19H,5,8-9,12-13,15H2,1-3H3,(H,24,27). The summed E-state index contributed by atoms with van der Waals surface area (Å²) in [6, 6.07) is 12.5. The molecule has 27 heavy (non-hydrogen) atoms. The Kier molecular flexibility index (Phi) is 5.85. The van der Waals surface area contributed by atoms with Gasteiger partial charge in [-0.1, -0.05) is 37.5 Å². The lowest BCUT2D eigenvalue weighted by Crippen LogP contribution is -2.31. The van der Waals surface area contributed by atoms with E-state index < -0.39 is 0 Å². The first kappa shape index (κ1) is 19.0. The Hall–Kier alpha value is -2.74. The first-order valence-electron chi connectivity index (χ1n) is 9.70. The molecule has 1 aromatic heterocycles. The zero-order chi connectivity index (χ0) is 19.4. The Morgan fingerprint density at radius 3 is 2.52 bits per heavy atom. The molecule has 1 aliphatic rings. The van der Waals surface area contributed by atoms with Crippen molar-refractivity contribution in [2.75, 3.05) is 23.8 Å². The summed E-state index contributed by atoms with van der Waals surface area (Å²) >= 11 is 0. The van der Waals surface area contributed by atoms with Crippen LogP contribution in [0.25, 0.3) is 0 Å². The van der Waals surface area contributed by atoms with E-state index >= 15 is 0 Å². The summed E-state index contributed by atoms with van der Waals surface area (Å²) in [5, 5.41) is 12.7. The number of likely N-dealkylation sites (N-methyl/N-ethyl adjacent to an activating group) is 1. The van der Waals surface area contributed by atoms with E-state index in [0.29, 0.717) is 17.4 Å². The lowest BCUT2D eigenvalue weighted by molar-refractivity contribution is -0.115. The number of anilines is 2. The van der Waals surface area contributed by atoms with E-state index in [-0.39, 0.29) is 12.5 Å². The number of carbonyl (C=O) groups is 1. The van der Waals surface area contributed by atoms with Gasteiger partial charge < -0.3 is 14.8 Å². The van der Waals surface area contributed by atoms with Crippen LogP contribution in [-0.2, 0) is 4.79 Å². The fourth-order valence-corrected chi connectivity index (χ4v) is 4.04. The van der Waals surface area contributed by atoms with Crippen LogP contribution in [0.1, 0.15) is 55.0 Å². The molecule has 1 aromatic carbocycles. The normalized spacial score (nSPS) is 14.6. The molecule has 0 unspecified atom stereocenters. The van der Waals surface area contributed by atoms with Gasteiger partial charge in [0.25, 0.3) is 0 Å². The van der Waals surface area contributed by atoms with E-state index in [0.717, 1.165) is 29.8 Å². The molecule has 3 rings (SSSR count). The monoisotopic (exact) mass is 364 g/mol. The molecule has 5 nitrogen and oxygen atoms in total. The molecular weight excluding hydrogens is 336 g/mol. The summed E-state index contributed by atoms with van der Waals surface area (Å²) in [7, 11) is 1.90. The third-order valence-electron chi connectivity index (χ3n) is 5.64. The number of hydrogen-bond acceptors (Lipinski definition) is 3. The lowest BCUT2D eigenvalue weighted by Gasteiger charge is -2.27. The maximum absolute atomic E-state index is 12.7. The Morgan fingerprint density at radius 2 is 1.89 bits per heavy atom. The van der Waals surface area contributed by atoms with Crippen molar-refractivity contribution in [3.05, 3.63) is 47.2 Å². The average Bonchev–Trinajstić information content (AvgIpc) is 2.92. The number of nitriles is 1. The van der Waals surface area contributed by atoms with Gasteiger partial charge in [-0.25, -0.2) is 0 Å². The lowest BCUT2D eigenvalue weighted by atomic mass is 9.95. The number of nitrogens with zero attached hydrogens (tertiary/aromatic N) is 3. The van der Waals surface area contributed by atoms with Gasteiger partial charge in [-0.3, -0.25) is 4.79 Å². The number of rotatable bonds is 5. The first-order chi connectivity index (χ1) is 13.0. The number of para-hydroxylation sites is 1. The first-order valence-corrected chi connectivity index (χ1v) is 9.70. The van der Waals surface area contributed by atoms with E-state index in [4.69, 9.17) is 0 Å². The number of hydrogen-bond donors (Lipinski definition) is 1. The van der Waals surface area contributed by atoms with Crippen molar-refractivity contribution in [3.63, 3.8) is 0 Å². The van der Waals surface area contributed by atoms with Crippen LogP contribution in [0.15, 0.2) is 30.3 Å². The maximum atomic E-state index is 12.7. The molecule has 0 atom stereocenters. The number of amides is 1. The molecule has 0 radical (unpaired) electrons. The van der Waals surface area contributed by atoms with Crippen LogP contribution in [0.5, 0.6) is 0 Å². The fourth-order valence-electron chi connectivity index (χ4n) is 4.04. The maximum Gasteiger partial charge on any atom is 0.245 e. The molecule has 0 spiro atoms. The van der Waals surface area contributed by atoms with E-state index in [2.05, 4.69) is 22.9 Å². The van der Waals surface area contributed by atoms with Crippen LogP contribution in [0, 0.1) is 25.2 Å². The van der Waals surface area contributed by atoms with Crippen LogP contribution < -0.4 is 10.2 Å². The van der Waals surface area contributed by atoms with E-state index in [1.807, 2.05) is 49.2 Å². The molecule has 1 aliphatic carbocycles. The van der Waals surface area contributed by atoms with Crippen LogP contribution in [-0.4, -0.2) is 24.1 Å². The zero-order valence-corrected chi connectivity index (χ0v) is 16.5. The average molecular weight is 364 g/mol. The third-order valence-corrected chi connectivity index (χ3v) is 5.64. The van der Waals surface area contributed by atoms with Gasteiger partial charge in [-0.15, -0.1) is 0 Å². The third kappa shape index (κ3) is 4.00. The molecule has 142 valence electrons. The van der Waals surface area contributed by atoms with Gasteiger partial charge in [-0.2, -0.15) is 5.26 Å². The quantitative estimate of drug-likeness (QED) is 0.846. The van der Waals surface area contributed by atoms with Gasteiger partial charge >= 0.3 is 0 Å². The molecule has 0 aliphatic heterocycles. The van der Waals surface area contributed by atoms with Crippen LogP contribution in [0.3, 0.4) is 0 Å². The Balaban J connectivity index is 1.84. The van der Waals surface area contributed by atoms with E-state index in [1.54, 1.807) is 0 Å². The highest BCUT2D eigenvalue weighted by Gasteiger charge is 2.26. The SMILES string of the molecule is Cc1c(C#N)c(NC(=O)CN(C)c2ccccc2)n(C2CCCCC2)c1C. The molecule has 0 bridgehead atoms. The summed E-state index contributed by atoms with van der Waals surface area (Å²) in [5.74, 6) is 0.568. The van der Waals surface area contributed by atoms with Crippen molar-refractivity contribution in [3.8, 4) is 6.07 Å². The van der Waals surface area contributed by atoms with Crippen LogP contribution in [0.4, 0.5) is 11.5 Å². The van der Waals surface area contributed by atoms with Crippen LogP contribution >= 0.6 is 0 Å². The highest BCUT2D eigenvalue weighted by atomic mass is 16.2. The minimum Gasteiger partial charge on any atom is -0.365 e. The largest absolute Gasteiger partial charge is 0.365 e. The molecule has 1 N–H and O–H groups in total. The van der Waals surface area contributed by atoms with Gasteiger partial charge in [0.15, 0.2) is 0 Å². The predicted octanol–water partition coefficient (Wildman–Crippen LogP) is 4.56. The number of benzene rings is 1. The van der Waals surface area contributed by atoms with E-state index in [1.165, 1.54) is 19.3 Å². The number of carbonyl (C=O) groups excluding carboxylic acids is 1. The van der Waals surface area contributed by atoms with Crippen molar-refractivity contribution < 1.29 is 4.79 Å². The van der Waals surface area contributed by atoms with Gasteiger partial charge in [0.1, 0.15) is 11.9 Å². The van der Waals surface area contributed by atoms with Crippen molar-refractivity contribution in [1.82, 2.24) is 4.57 Å². The number of nitrogens with one attached hydrogen (secondary N) is 1. The predicted molar refractivity (Wildman–Crippen MR) is 109 cm³/mol. The minimum absolute atomic E-state index is 0.104. The summed E-state index contributed by atoms with van der Waals surface area (Å²) in [6.45, 7) is 4.26. The van der Waals surface area contributed by atoms with E-state index in [9.17, 15) is 10.1 Å². The Labute approximate surface area is 161 Å². The molecule has 0 saturated heterocycles. The van der Waals surface area contributed by atoms with Gasteiger partial charge in [0, 0.05) is 24.5 Å². The van der Waals surface area contributed by atoms with Gasteiger partial charge in [0.05, 0.1) is 12.1 Å². The van der Waals surface area contributed by atoms with Crippen molar-refractivity contribution in [1.29, 1.82) is 5.26 Å². The van der Waals surface area contributed by atoms with Crippen molar-refractivity contribution in [2.24, 2.45) is 0 Å². The Bertz CT molecular complexity index is 841. The summed E-state index contributed by atoms with van der Waals surface area (Å²) in [6.07, 6.45) is 5.88. The van der Waals surface area contributed by atoms with Crippen molar-refractivity contribution >= 4 is 17.4 Å². The van der Waals surface area contributed by atoms with Gasteiger partial charge in [0.2, 0.25) is 5.91 Å². The highest BCUT2D eigenvalue weighted by Crippen LogP contribution is 2.36. The fraction of sp³-hybridized carbons (Fsp3) is 0.455. The molecule has 1 amide bonds.